The Kier molecular flexibility index (Phi) is 5.25. The predicted octanol–water partition coefficient (Wildman–Crippen LogP) is 1.39. The average Bonchev–Trinajstić information content (AvgIpc) is 2.75. The van der Waals surface area contributed by atoms with Crippen LogP contribution in [0.15, 0.2) is 29.8 Å². The molecule has 1 heterocycles. The van der Waals surface area contributed by atoms with E-state index < -0.39 is 48.0 Å². The highest BCUT2D eigenvalue weighted by Crippen LogP contribution is 2.47. The highest BCUT2D eigenvalue weighted by atomic mass is 16.7. The molecule has 5 atom stereocenters. The Hall–Kier alpha value is -3.24. The van der Waals surface area contributed by atoms with E-state index in [9.17, 15) is 35.1 Å². The minimum absolute atomic E-state index is 0.0279. The summed E-state index contributed by atoms with van der Waals surface area (Å²) in [7, 11) is 0. The summed E-state index contributed by atoms with van der Waals surface area (Å²) in [6, 6.07) is 5.71. The quantitative estimate of drug-likeness (QED) is 0.440. The van der Waals surface area contributed by atoms with Gasteiger partial charge >= 0.3 is 0 Å². The number of Topliss-reactive ketones (excluding diaryl/α,β-unsaturated/α-hetero) is 2. The van der Waals surface area contributed by atoms with Crippen molar-refractivity contribution in [3.8, 4) is 17.2 Å². The topological polar surface area (TPSA) is 154 Å². The zero-order valence-corrected chi connectivity index (χ0v) is 18.5. The summed E-state index contributed by atoms with van der Waals surface area (Å²) in [5.74, 6) is -2.14. The van der Waals surface area contributed by atoms with Gasteiger partial charge in [0.05, 0.1) is 29.4 Å². The predicted molar refractivity (Wildman–Crippen MR) is 118 cm³/mol. The molecule has 2 aromatic carbocycles. The summed E-state index contributed by atoms with van der Waals surface area (Å²) in [5.41, 5.74) is 0.584. The number of allylic oxidation sites excluding steroid dienone is 1. The van der Waals surface area contributed by atoms with Crippen LogP contribution in [-0.4, -0.2) is 67.8 Å². The fraction of sp³-hybridized carbons (Fsp3) is 0.360. The first-order valence-corrected chi connectivity index (χ1v) is 11.0. The van der Waals surface area contributed by atoms with Crippen LogP contribution in [0.4, 0.5) is 0 Å². The number of aliphatic hydroxyl groups is 3. The molecule has 1 aliphatic heterocycles. The van der Waals surface area contributed by atoms with Crippen LogP contribution in [0.3, 0.4) is 0 Å². The molecule has 0 spiro atoms. The lowest BCUT2D eigenvalue weighted by Gasteiger charge is -2.36. The van der Waals surface area contributed by atoms with E-state index in [1.807, 2.05) is 0 Å². The third kappa shape index (κ3) is 3.32. The van der Waals surface area contributed by atoms with Gasteiger partial charge in [0.25, 0.3) is 0 Å². The van der Waals surface area contributed by atoms with E-state index in [0.29, 0.717) is 5.56 Å². The Morgan fingerprint density at radius 3 is 2.41 bits per heavy atom. The molecule has 34 heavy (non-hydrogen) atoms. The number of aliphatic hydroxyl groups excluding tert-OH is 3. The number of carbonyl (C=O) groups excluding carboxylic acids is 2. The molecule has 0 bridgehead atoms. The smallest absolute Gasteiger partial charge is 0.202 e. The molecule has 9 nitrogen and oxygen atoms in total. The number of fused-ring (bicyclic) bond motifs is 3. The van der Waals surface area contributed by atoms with Crippen LogP contribution in [0.5, 0.6) is 17.2 Å². The monoisotopic (exact) mass is 468 g/mol. The Labute approximate surface area is 194 Å². The normalized spacial score (nSPS) is 28.3. The summed E-state index contributed by atoms with van der Waals surface area (Å²) in [6.45, 7) is 3.32. The molecule has 2 aliphatic carbocycles. The molecular weight excluding hydrogens is 444 g/mol. The zero-order chi connectivity index (χ0) is 24.5. The summed E-state index contributed by atoms with van der Waals surface area (Å²) >= 11 is 0. The minimum atomic E-state index is -1.30. The van der Waals surface area contributed by atoms with Crippen LogP contribution in [0.2, 0.25) is 0 Å². The van der Waals surface area contributed by atoms with E-state index in [4.69, 9.17) is 9.47 Å². The van der Waals surface area contributed by atoms with E-state index in [-0.39, 0.29) is 52.2 Å². The number of rotatable bonds is 2. The Balaban J connectivity index is 1.63. The van der Waals surface area contributed by atoms with Gasteiger partial charge in [0.1, 0.15) is 23.4 Å². The van der Waals surface area contributed by atoms with Gasteiger partial charge in [-0.2, -0.15) is 0 Å². The van der Waals surface area contributed by atoms with Crippen molar-refractivity contribution in [3.05, 3.63) is 57.7 Å². The highest BCUT2D eigenvalue weighted by Gasteiger charge is 2.44. The van der Waals surface area contributed by atoms with Crippen molar-refractivity contribution in [1.29, 1.82) is 0 Å². The van der Waals surface area contributed by atoms with Crippen molar-refractivity contribution in [2.75, 3.05) is 0 Å². The summed E-state index contributed by atoms with van der Waals surface area (Å²) in [6.07, 6.45) is -5.33. The molecule has 0 radical (unpaired) electrons. The van der Waals surface area contributed by atoms with Gasteiger partial charge in [0.15, 0.2) is 11.6 Å². The molecule has 9 heteroatoms. The molecule has 1 fully saturated rings. The van der Waals surface area contributed by atoms with Crippen molar-refractivity contribution >= 4 is 17.1 Å². The number of ether oxygens (including phenoxy) is 2. The summed E-state index contributed by atoms with van der Waals surface area (Å²) in [4.78, 5) is 27.2. The van der Waals surface area contributed by atoms with E-state index in [1.165, 1.54) is 18.2 Å². The van der Waals surface area contributed by atoms with Gasteiger partial charge in [-0.3, -0.25) is 9.59 Å². The highest BCUT2D eigenvalue weighted by molar-refractivity contribution is 6.42. The first-order chi connectivity index (χ1) is 16.1. The Bertz CT molecular complexity index is 1250. The number of aromatic hydroxyl groups is 2. The number of hydrogen-bond donors (Lipinski definition) is 5. The minimum Gasteiger partial charge on any atom is -0.507 e. The van der Waals surface area contributed by atoms with Gasteiger partial charge in [-0.25, -0.2) is 0 Å². The zero-order valence-electron chi connectivity index (χ0n) is 18.5. The lowest BCUT2D eigenvalue weighted by atomic mass is 9.72. The number of phenols is 2. The number of ketones is 2. The summed E-state index contributed by atoms with van der Waals surface area (Å²) < 4.78 is 11.4. The lowest BCUT2D eigenvalue weighted by Crippen LogP contribution is -2.48. The van der Waals surface area contributed by atoms with Crippen LogP contribution < -0.4 is 4.74 Å². The lowest BCUT2D eigenvalue weighted by molar-refractivity contribution is -0.216. The average molecular weight is 468 g/mol. The van der Waals surface area contributed by atoms with Gasteiger partial charge in [-0.1, -0.05) is 6.07 Å². The second kappa shape index (κ2) is 7.92. The fourth-order valence-corrected chi connectivity index (χ4v) is 5.03. The maximum atomic E-state index is 13.6. The van der Waals surface area contributed by atoms with Crippen LogP contribution in [-0.2, 0) is 11.2 Å². The largest absolute Gasteiger partial charge is 0.507 e. The number of carbonyl (C=O) groups is 2. The third-order valence-electron chi connectivity index (χ3n) is 6.61. The van der Waals surface area contributed by atoms with Crippen molar-refractivity contribution in [2.24, 2.45) is 0 Å². The van der Waals surface area contributed by atoms with E-state index >= 15 is 0 Å². The molecule has 2 aromatic rings. The molecular formula is C25H24O9. The van der Waals surface area contributed by atoms with Gasteiger partial charge in [0.2, 0.25) is 6.29 Å². The fourth-order valence-electron chi connectivity index (χ4n) is 5.03. The van der Waals surface area contributed by atoms with E-state index in [1.54, 1.807) is 19.9 Å². The van der Waals surface area contributed by atoms with Crippen molar-refractivity contribution in [3.63, 3.8) is 0 Å². The molecule has 0 saturated carbocycles. The number of phenolic OH excluding ortho intramolecular Hbond substituents is 2. The van der Waals surface area contributed by atoms with Gasteiger partial charge in [-0.05, 0) is 43.2 Å². The van der Waals surface area contributed by atoms with Crippen LogP contribution in [0.1, 0.15) is 50.8 Å². The van der Waals surface area contributed by atoms with Gasteiger partial charge in [0, 0.05) is 29.6 Å². The van der Waals surface area contributed by atoms with Crippen molar-refractivity contribution < 1.29 is 44.6 Å². The molecule has 1 saturated heterocycles. The molecule has 0 unspecified atom stereocenters. The maximum Gasteiger partial charge on any atom is 0.202 e. The Morgan fingerprint density at radius 1 is 0.971 bits per heavy atom. The third-order valence-corrected chi connectivity index (χ3v) is 6.61. The van der Waals surface area contributed by atoms with Crippen LogP contribution in [0, 0.1) is 6.92 Å². The SMILES string of the molecule is Cc1cc(O)c2c(c1)C[C@@H](O)C1=C2C(=O)c2c(O)ccc(O[C@H]3C[C@@H](O)[C@H](O)[C@@H](C)O3)c2C1=O. The molecule has 5 N–H and O–H groups in total. The van der Waals surface area contributed by atoms with Crippen LogP contribution in [0.25, 0.3) is 5.57 Å². The number of hydrogen-bond acceptors (Lipinski definition) is 9. The van der Waals surface area contributed by atoms with Gasteiger partial charge in [-0.15, -0.1) is 0 Å². The number of aryl methyl sites for hydroxylation is 1. The standard InChI is InChI=1S/C25H24O9/c1-9-5-11-7-14(28)20-22(18(11)13(27)6-9)25(32)19-12(26)3-4-16(21(19)24(20)31)34-17-8-15(29)23(30)10(2)33-17/h3-6,10,14-15,17,23,26-30H,7-8H2,1-2H3/t10-,14-,15-,17+,23-/m1/s1. The second-order valence-corrected chi connectivity index (χ2v) is 9.00. The molecule has 3 aliphatic rings. The Morgan fingerprint density at radius 2 is 1.71 bits per heavy atom. The van der Waals surface area contributed by atoms with E-state index in [0.717, 1.165) is 5.56 Å². The number of benzene rings is 2. The van der Waals surface area contributed by atoms with Gasteiger partial charge < -0.3 is 35.0 Å². The van der Waals surface area contributed by atoms with Crippen molar-refractivity contribution in [1.82, 2.24) is 0 Å². The molecule has 0 aromatic heterocycles. The first kappa shape index (κ1) is 22.5. The van der Waals surface area contributed by atoms with Crippen molar-refractivity contribution in [2.45, 2.75) is 57.4 Å². The maximum absolute atomic E-state index is 13.6. The molecule has 5 rings (SSSR count). The second-order valence-electron chi connectivity index (χ2n) is 9.00. The van der Waals surface area contributed by atoms with Crippen LogP contribution >= 0.6 is 0 Å². The molecule has 0 amide bonds. The summed E-state index contributed by atoms with van der Waals surface area (Å²) in [5, 5.41) is 51.9. The molecule has 178 valence electrons. The van der Waals surface area contributed by atoms with E-state index in [2.05, 4.69) is 0 Å². The first-order valence-electron chi connectivity index (χ1n) is 11.0.